The van der Waals surface area contributed by atoms with E-state index in [0.29, 0.717) is 6.04 Å². The van der Waals surface area contributed by atoms with Crippen LogP contribution >= 0.6 is 0 Å². The van der Waals surface area contributed by atoms with Gasteiger partial charge in [-0.05, 0) is 51.5 Å². The first-order valence-corrected chi connectivity index (χ1v) is 8.30. The molecule has 1 unspecified atom stereocenters. The normalized spacial score (nSPS) is 24.8. The zero-order valence-electron chi connectivity index (χ0n) is 12.8. The lowest BCUT2D eigenvalue weighted by Gasteiger charge is -2.44. The molecule has 2 aliphatic rings. The molecule has 0 spiro atoms. The van der Waals surface area contributed by atoms with Crippen LogP contribution in [0.2, 0.25) is 0 Å². The molecule has 0 heterocycles. The van der Waals surface area contributed by atoms with Crippen LogP contribution in [-0.2, 0) is 4.74 Å². The largest absolute Gasteiger partial charge is 0.376 e. The maximum Gasteiger partial charge on any atom is 0.0869 e. The molecule has 2 nitrogen and oxygen atoms in total. The molecule has 1 saturated carbocycles. The minimum atomic E-state index is 0.0661. The van der Waals surface area contributed by atoms with Crippen LogP contribution in [0.3, 0.4) is 0 Å². The summed E-state index contributed by atoms with van der Waals surface area (Å²) in [5.74, 6) is 0. The molecule has 1 atom stereocenters. The lowest BCUT2D eigenvalue weighted by molar-refractivity contribution is -0.0594. The summed E-state index contributed by atoms with van der Waals surface area (Å²) in [7, 11) is 1.93. The van der Waals surface area contributed by atoms with Crippen molar-refractivity contribution in [1.82, 2.24) is 5.32 Å². The van der Waals surface area contributed by atoms with Crippen molar-refractivity contribution in [2.24, 2.45) is 0 Å². The van der Waals surface area contributed by atoms with Gasteiger partial charge in [0.05, 0.1) is 11.6 Å². The maximum atomic E-state index is 6.09. The van der Waals surface area contributed by atoms with E-state index in [2.05, 4.69) is 18.3 Å². The van der Waals surface area contributed by atoms with Gasteiger partial charge in [0.15, 0.2) is 0 Å². The summed E-state index contributed by atoms with van der Waals surface area (Å²) in [6.45, 7) is 3.35. The quantitative estimate of drug-likeness (QED) is 0.727. The number of rotatable bonds is 6. The molecule has 0 aromatic carbocycles. The molecule has 0 saturated heterocycles. The Balaban J connectivity index is 2.16. The van der Waals surface area contributed by atoms with Crippen LogP contribution in [0.25, 0.3) is 0 Å². The summed E-state index contributed by atoms with van der Waals surface area (Å²) in [6.07, 6.45) is 15.4. The molecule has 0 bridgehead atoms. The number of methoxy groups -OCH3 is 1. The smallest absolute Gasteiger partial charge is 0.0869 e. The van der Waals surface area contributed by atoms with Gasteiger partial charge in [0.1, 0.15) is 0 Å². The van der Waals surface area contributed by atoms with Gasteiger partial charge in [-0.25, -0.2) is 0 Å². The van der Waals surface area contributed by atoms with Crippen LogP contribution in [0.4, 0.5) is 0 Å². The van der Waals surface area contributed by atoms with Gasteiger partial charge in [0, 0.05) is 7.11 Å². The van der Waals surface area contributed by atoms with E-state index in [0.717, 1.165) is 6.54 Å². The summed E-state index contributed by atoms with van der Waals surface area (Å²) in [6, 6.07) is 0.457. The lowest BCUT2D eigenvalue weighted by Crippen LogP contribution is -2.54. The van der Waals surface area contributed by atoms with Crippen molar-refractivity contribution in [2.45, 2.75) is 82.8 Å². The second kappa shape index (κ2) is 7.44. The van der Waals surface area contributed by atoms with Crippen LogP contribution in [0.1, 0.15) is 71.1 Å². The van der Waals surface area contributed by atoms with Gasteiger partial charge in [-0.2, -0.15) is 0 Å². The monoisotopic (exact) mass is 265 g/mol. The molecular formula is C17H31NO. The molecule has 1 N–H and O–H groups in total. The molecule has 0 aromatic heterocycles. The van der Waals surface area contributed by atoms with E-state index < -0.39 is 0 Å². The number of nitrogens with one attached hydrogen (secondary N) is 1. The second-order valence-corrected chi connectivity index (χ2v) is 6.24. The molecule has 0 aliphatic heterocycles. The van der Waals surface area contributed by atoms with E-state index in [1.54, 1.807) is 5.57 Å². The predicted molar refractivity (Wildman–Crippen MR) is 81.5 cm³/mol. The Kier molecular flexibility index (Phi) is 5.90. The summed E-state index contributed by atoms with van der Waals surface area (Å²) < 4.78 is 6.09. The molecule has 19 heavy (non-hydrogen) atoms. The first-order chi connectivity index (χ1) is 9.32. The zero-order chi connectivity index (χ0) is 13.6. The first kappa shape index (κ1) is 15.1. The minimum absolute atomic E-state index is 0.0661. The van der Waals surface area contributed by atoms with Crippen LogP contribution in [-0.4, -0.2) is 25.3 Å². The summed E-state index contributed by atoms with van der Waals surface area (Å²) in [4.78, 5) is 0. The van der Waals surface area contributed by atoms with Gasteiger partial charge in [-0.3, -0.25) is 0 Å². The molecule has 2 rings (SSSR count). The maximum absolute atomic E-state index is 6.09. The fraction of sp³-hybridized carbons (Fsp3) is 0.882. The molecular weight excluding hydrogens is 234 g/mol. The lowest BCUT2D eigenvalue weighted by atomic mass is 9.74. The van der Waals surface area contributed by atoms with Gasteiger partial charge in [-0.1, -0.05) is 37.8 Å². The average molecular weight is 265 g/mol. The highest BCUT2D eigenvalue weighted by atomic mass is 16.5. The predicted octanol–water partition coefficient (Wildman–Crippen LogP) is 4.20. The van der Waals surface area contributed by atoms with Crippen molar-refractivity contribution in [3.8, 4) is 0 Å². The van der Waals surface area contributed by atoms with Crippen molar-refractivity contribution in [3.63, 3.8) is 0 Å². The van der Waals surface area contributed by atoms with Crippen LogP contribution in [0.15, 0.2) is 11.6 Å². The standard InChI is InChI=1S/C17H31NO/c1-3-14-18-16(15-10-6-4-7-11-15)17(19-2)12-8-5-9-13-17/h10,16,18H,3-9,11-14H2,1-2H3. The highest BCUT2D eigenvalue weighted by Gasteiger charge is 2.41. The SMILES string of the molecule is CCCNC(C1=CCCCC1)C1(OC)CCCCC1. The molecule has 110 valence electrons. The Bertz CT molecular complexity index is 292. The van der Waals surface area contributed by atoms with E-state index in [9.17, 15) is 0 Å². The number of hydrogen-bond acceptors (Lipinski definition) is 2. The van der Waals surface area contributed by atoms with Crippen molar-refractivity contribution in [1.29, 1.82) is 0 Å². The Morgan fingerprint density at radius 3 is 2.58 bits per heavy atom. The zero-order valence-corrected chi connectivity index (χ0v) is 12.8. The van der Waals surface area contributed by atoms with Crippen molar-refractivity contribution in [2.75, 3.05) is 13.7 Å². The topological polar surface area (TPSA) is 21.3 Å². The molecule has 2 aliphatic carbocycles. The van der Waals surface area contributed by atoms with Crippen LogP contribution < -0.4 is 5.32 Å². The molecule has 1 fully saturated rings. The minimum Gasteiger partial charge on any atom is -0.376 e. The van der Waals surface area contributed by atoms with Gasteiger partial charge in [-0.15, -0.1) is 0 Å². The molecule has 0 amide bonds. The van der Waals surface area contributed by atoms with Gasteiger partial charge in [0.25, 0.3) is 0 Å². The Labute approximate surface area is 119 Å². The van der Waals surface area contributed by atoms with Gasteiger partial charge < -0.3 is 10.1 Å². The molecule has 0 radical (unpaired) electrons. The highest BCUT2D eigenvalue weighted by molar-refractivity contribution is 5.20. The van der Waals surface area contributed by atoms with Gasteiger partial charge in [0.2, 0.25) is 0 Å². The first-order valence-electron chi connectivity index (χ1n) is 8.30. The third-order valence-electron chi connectivity index (χ3n) is 4.93. The van der Waals surface area contributed by atoms with E-state index in [1.807, 2.05) is 7.11 Å². The Morgan fingerprint density at radius 1 is 1.21 bits per heavy atom. The number of allylic oxidation sites excluding steroid dienone is 1. The third-order valence-corrected chi connectivity index (χ3v) is 4.93. The summed E-state index contributed by atoms with van der Waals surface area (Å²) in [5, 5.41) is 3.81. The van der Waals surface area contributed by atoms with E-state index >= 15 is 0 Å². The average Bonchev–Trinajstić information content (AvgIpc) is 2.49. The van der Waals surface area contributed by atoms with E-state index in [1.165, 1.54) is 64.2 Å². The van der Waals surface area contributed by atoms with Crippen LogP contribution in [0, 0.1) is 0 Å². The Morgan fingerprint density at radius 2 is 2.00 bits per heavy atom. The fourth-order valence-corrected chi connectivity index (χ4v) is 3.83. The molecule has 0 aromatic rings. The van der Waals surface area contributed by atoms with Gasteiger partial charge >= 0.3 is 0 Å². The molecule has 2 heteroatoms. The van der Waals surface area contributed by atoms with Crippen molar-refractivity contribution < 1.29 is 4.74 Å². The van der Waals surface area contributed by atoms with Crippen molar-refractivity contribution >= 4 is 0 Å². The fourth-order valence-electron chi connectivity index (χ4n) is 3.83. The van der Waals surface area contributed by atoms with E-state index in [4.69, 9.17) is 4.74 Å². The van der Waals surface area contributed by atoms with E-state index in [-0.39, 0.29) is 5.60 Å². The van der Waals surface area contributed by atoms with Crippen molar-refractivity contribution in [3.05, 3.63) is 11.6 Å². The third kappa shape index (κ3) is 3.61. The summed E-state index contributed by atoms with van der Waals surface area (Å²) in [5.41, 5.74) is 1.69. The second-order valence-electron chi connectivity index (χ2n) is 6.24. The number of hydrogen-bond donors (Lipinski definition) is 1. The Hall–Kier alpha value is -0.340. The number of ether oxygens (including phenoxy) is 1. The van der Waals surface area contributed by atoms with Crippen LogP contribution in [0.5, 0.6) is 0 Å². The summed E-state index contributed by atoms with van der Waals surface area (Å²) >= 11 is 0. The highest BCUT2D eigenvalue weighted by Crippen LogP contribution is 2.38.